The Morgan fingerprint density at radius 2 is 2.00 bits per heavy atom. The van der Waals surface area contributed by atoms with Gasteiger partial charge in [-0.25, -0.2) is 4.98 Å². The quantitative estimate of drug-likeness (QED) is 0.244. The predicted molar refractivity (Wildman–Crippen MR) is 123 cm³/mol. The maximum atomic E-state index is 13.1. The summed E-state index contributed by atoms with van der Waals surface area (Å²) in [7, 11) is 0. The smallest absolute Gasteiger partial charge is 0.269 e. The molecule has 0 spiro atoms. The lowest BCUT2D eigenvalue weighted by molar-refractivity contribution is -0.384. The lowest BCUT2D eigenvalue weighted by Crippen LogP contribution is -2.32. The Labute approximate surface area is 190 Å². The van der Waals surface area contributed by atoms with Gasteiger partial charge in [-0.15, -0.1) is 11.3 Å². The molecule has 0 fully saturated rings. The Bertz CT molecular complexity index is 1300. The summed E-state index contributed by atoms with van der Waals surface area (Å²) in [5, 5.41) is 16.5. The van der Waals surface area contributed by atoms with Crippen LogP contribution in [0.25, 0.3) is 0 Å². The molecule has 0 unspecified atom stereocenters. The molecule has 10 heteroatoms. The summed E-state index contributed by atoms with van der Waals surface area (Å²) < 4.78 is 0. The lowest BCUT2D eigenvalue weighted by atomic mass is 9.79. The van der Waals surface area contributed by atoms with Gasteiger partial charge < -0.3 is 10.3 Å². The zero-order valence-corrected chi connectivity index (χ0v) is 18.4. The van der Waals surface area contributed by atoms with E-state index in [1.807, 2.05) is 17.5 Å². The molecule has 1 atom stereocenters. The Kier molecular flexibility index (Phi) is 5.40. The molecule has 32 heavy (non-hydrogen) atoms. The molecule has 0 saturated heterocycles. The van der Waals surface area contributed by atoms with Crippen molar-refractivity contribution in [2.45, 2.75) is 36.1 Å². The van der Waals surface area contributed by atoms with E-state index in [9.17, 15) is 19.7 Å². The standard InChI is InChI=1S/C22H18N4O4S2/c27-15-4-1-3-14-17(15)18(16-5-2-10-31-16)19-20(23-14)24-22(25-21(19)28)32-11-12-6-8-13(9-7-12)26(29)30/h2,5-10,18H,1,3-4,11H2,(H2,23,24,25,28)/t18-/m0/s1. The first-order valence-corrected chi connectivity index (χ1v) is 11.9. The number of Topliss-reactive ketones (excluding diaryl/α,β-unsaturated/α-hetero) is 1. The summed E-state index contributed by atoms with van der Waals surface area (Å²) in [6.45, 7) is 0. The van der Waals surface area contributed by atoms with Crippen molar-refractivity contribution in [2.75, 3.05) is 5.32 Å². The SMILES string of the molecule is O=C1CCCC2=C1[C@H](c1cccs1)c1c(nc(SCc3ccc([N+](=O)[O-])cc3)[nH]c1=O)N2. The molecule has 162 valence electrons. The number of aromatic nitrogens is 2. The van der Waals surface area contributed by atoms with E-state index in [1.165, 1.54) is 35.2 Å². The maximum absolute atomic E-state index is 13.1. The number of ketones is 1. The first-order valence-electron chi connectivity index (χ1n) is 10.1. The number of allylic oxidation sites excluding steroid dienone is 2. The highest BCUT2D eigenvalue weighted by atomic mass is 32.2. The van der Waals surface area contributed by atoms with Crippen LogP contribution in [0.15, 0.2) is 63.0 Å². The van der Waals surface area contributed by atoms with Gasteiger partial charge in [0.05, 0.1) is 16.4 Å². The van der Waals surface area contributed by atoms with Gasteiger partial charge in [0.25, 0.3) is 11.2 Å². The fraction of sp³-hybridized carbons (Fsp3) is 0.227. The van der Waals surface area contributed by atoms with Crippen molar-refractivity contribution in [3.63, 3.8) is 0 Å². The predicted octanol–water partition coefficient (Wildman–Crippen LogP) is 4.60. The highest BCUT2D eigenvalue weighted by molar-refractivity contribution is 7.98. The number of aromatic amines is 1. The number of non-ortho nitro benzene ring substituents is 1. The van der Waals surface area contributed by atoms with Crippen LogP contribution in [0.1, 0.15) is 41.2 Å². The van der Waals surface area contributed by atoms with Crippen LogP contribution in [0.5, 0.6) is 0 Å². The largest absolute Gasteiger partial charge is 0.343 e. The van der Waals surface area contributed by atoms with Gasteiger partial charge in [0, 0.05) is 40.5 Å². The number of fused-ring (bicyclic) bond motifs is 1. The minimum atomic E-state index is -0.436. The number of hydrogen-bond acceptors (Lipinski definition) is 8. The molecule has 0 saturated carbocycles. The number of carbonyl (C=O) groups excluding carboxylic acids is 1. The highest BCUT2D eigenvalue weighted by Crippen LogP contribution is 2.44. The number of nitrogens with zero attached hydrogens (tertiary/aromatic N) is 2. The molecule has 2 aromatic heterocycles. The number of rotatable bonds is 5. The summed E-state index contributed by atoms with van der Waals surface area (Å²) in [6, 6.07) is 10.2. The maximum Gasteiger partial charge on any atom is 0.269 e. The minimum Gasteiger partial charge on any atom is -0.343 e. The van der Waals surface area contributed by atoms with Crippen molar-refractivity contribution in [2.24, 2.45) is 0 Å². The van der Waals surface area contributed by atoms with Crippen molar-refractivity contribution in [1.29, 1.82) is 0 Å². The number of carbonyl (C=O) groups is 1. The van der Waals surface area contributed by atoms with E-state index in [0.29, 0.717) is 34.3 Å². The Balaban J connectivity index is 1.47. The van der Waals surface area contributed by atoms with Crippen molar-refractivity contribution in [3.8, 4) is 0 Å². The molecule has 1 aliphatic heterocycles. The van der Waals surface area contributed by atoms with Gasteiger partial charge in [0.15, 0.2) is 10.9 Å². The van der Waals surface area contributed by atoms with Crippen molar-refractivity contribution >= 4 is 40.4 Å². The van der Waals surface area contributed by atoms with Gasteiger partial charge in [-0.1, -0.05) is 30.0 Å². The Morgan fingerprint density at radius 1 is 1.19 bits per heavy atom. The van der Waals surface area contributed by atoms with Gasteiger partial charge >= 0.3 is 0 Å². The normalized spacial score (nSPS) is 17.5. The number of nitrogens with one attached hydrogen (secondary N) is 2. The second-order valence-electron chi connectivity index (χ2n) is 7.59. The number of hydrogen-bond donors (Lipinski definition) is 2. The van der Waals surface area contributed by atoms with Crippen LogP contribution in [-0.2, 0) is 10.5 Å². The molecule has 0 radical (unpaired) electrons. The van der Waals surface area contributed by atoms with E-state index in [0.717, 1.165) is 29.0 Å². The molecule has 3 heterocycles. The second kappa shape index (κ2) is 8.36. The fourth-order valence-electron chi connectivity index (χ4n) is 4.11. The third kappa shape index (κ3) is 3.76. The molecular formula is C22H18N4O4S2. The number of nitro groups is 1. The second-order valence-corrected chi connectivity index (χ2v) is 9.53. The van der Waals surface area contributed by atoms with E-state index >= 15 is 0 Å². The van der Waals surface area contributed by atoms with Crippen LogP contribution in [0.3, 0.4) is 0 Å². The zero-order chi connectivity index (χ0) is 22.2. The van der Waals surface area contributed by atoms with Gasteiger partial charge in [-0.2, -0.15) is 0 Å². The molecule has 1 aromatic carbocycles. The van der Waals surface area contributed by atoms with Crippen LogP contribution in [-0.4, -0.2) is 20.7 Å². The highest BCUT2D eigenvalue weighted by Gasteiger charge is 2.38. The lowest BCUT2D eigenvalue weighted by Gasteiger charge is -2.32. The molecule has 1 aliphatic carbocycles. The first-order chi connectivity index (χ1) is 15.5. The van der Waals surface area contributed by atoms with E-state index in [2.05, 4.69) is 15.3 Å². The van der Waals surface area contributed by atoms with E-state index in [-0.39, 0.29) is 17.0 Å². The zero-order valence-electron chi connectivity index (χ0n) is 16.8. The third-order valence-electron chi connectivity index (χ3n) is 5.59. The molecular weight excluding hydrogens is 448 g/mol. The summed E-state index contributed by atoms with van der Waals surface area (Å²) in [5.41, 5.74) is 2.67. The molecule has 2 N–H and O–H groups in total. The number of thiophene rings is 1. The molecule has 3 aromatic rings. The van der Waals surface area contributed by atoms with Crippen LogP contribution >= 0.6 is 23.1 Å². The van der Waals surface area contributed by atoms with E-state index < -0.39 is 10.8 Å². The summed E-state index contributed by atoms with van der Waals surface area (Å²) >= 11 is 2.87. The van der Waals surface area contributed by atoms with Crippen LogP contribution in [0.2, 0.25) is 0 Å². The topological polar surface area (TPSA) is 118 Å². The number of nitro benzene ring substituents is 1. The summed E-state index contributed by atoms with van der Waals surface area (Å²) in [6.07, 6.45) is 2.02. The average Bonchev–Trinajstić information content (AvgIpc) is 3.31. The fourth-order valence-corrected chi connectivity index (χ4v) is 5.77. The van der Waals surface area contributed by atoms with Gasteiger partial charge in [-0.3, -0.25) is 19.7 Å². The van der Waals surface area contributed by atoms with Gasteiger partial charge in [0.1, 0.15) is 5.82 Å². The molecule has 5 rings (SSSR count). The average molecular weight is 467 g/mol. The van der Waals surface area contributed by atoms with Crippen LogP contribution < -0.4 is 10.9 Å². The number of H-pyrrole nitrogens is 1. The Morgan fingerprint density at radius 3 is 2.72 bits per heavy atom. The first kappa shape index (κ1) is 20.7. The van der Waals surface area contributed by atoms with E-state index in [4.69, 9.17) is 0 Å². The van der Waals surface area contributed by atoms with Crippen molar-refractivity contribution in [3.05, 3.63) is 89.5 Å². The van der Waals surface area contributed by atoms with Crippen LogP contribution in [0.4, 0.5) is 11.5 Å². The number of thioether (sulfide) groups is 1. The molecule has 2 aliphatic rings. The van der Waals surface area contributed by atoms with Gasteiger partial charge in [-0.05, 0) is 29.9 Å². The monoisotopic (exact) mass is 466 g/mol. The number of anilines is 1. The minimum absolute atomic E-state index is 0.0361. The van der Waals surface area contributed by atoms with Crippen LogP contribution in [0, 0.1) is 10.1 Å². The van der Waals surface area contributed by atoms with E-state index in [1.54, 1.807) is 12.1 Å². The molecule has 8 nitrogen and oxygen atoms in total. The summed E-state index contributed by atoms with van der Waals surface area (Å²) in [5.74, 6) is 0.671. The summed E-state index contributed by atoms with van der Waals surface area (Å²) in [4.78, 5) is 44.8. The van der Waals surface area contributed by atoms with Gasteiger partial charge in [0.2, 0.25) is 0 Å². The number of benzene rings is 1. The van der Waals surface area contributed by atoms with Crippen molar-refractivity contribution < 1.29 is 9.72 Å². The van der Waals surface area contributed by atoms with Crippen molar-refractivity contribution in [1.82, 2.24) is 9.97 Å². The Hall–Kier alpha value is -3.24. The molecule has 0 bridgehead atoms. The third-order valence-corrected chi connectivity index (χ3v) is 7.47. The molecule has 0 amide bonds.